The van der Waals surface area contributed by atoms with Crippen molar-refractivity contribution < 1.29 is 9.84 Å². The number of aliphatic hydroxyl groups is 1. The molecule has 0 amide bonds. The predicted octanol–water partition coefficient (Wildman–Crippen LogP) is -0.301. The third-order valence-corrected chi connectivity index (χ3v) is 1.18. The Morgan fingerprint density at radius 2 is 2.33 bits per heavy atom. The molecule has 0 aromatic carbocycles. The fourth-order valence-corrected chi connectivity index (χ4v) is 0.645. The van der Waals surface area contributed by atoms with Gasteiger partial charge in [0.1, 0.15) is 12.4 Å². The van der Waals surface area contributed by atoms with E-state index in [1.54, 1.807) is 19.1 Å². The highest BCUT2D eigenvalue weighted by Crippen LogP contribution is 2.01. The van der Waals surface area contributed by atoms with E-state index in [2.05, 4.69) is 0 Å². The van der Waals surface area contributed by atoms with Crippen LogP contribution in [0.1, 0.15) is 6.92 Å². The lowest BCUT2D eigenvalue weighted by Gasteiger charge is -2.11. The molecule has 0 aromatic heterocycles. The van der Waals surface area contributed by atoms with Crippen LogP contribution in [-0.2, 0) is 4.74 Å². The first kappa shape index (κ1) is 11.0. The summed E-state index contributed by atoms with van der Waals surface area (Å²) in [5, 5.41) is 8.49. The molecular formula is C8H16N2O2. The van der Waals surface area contributed by atoms with Crippen LogP contribution in [-0.4, -0.2) is 24.4 Å². The second kappa shape index (κ2) is 6.69. The number of nitrogens with two attached hydrogens (primary N) is 2. The summed E-state index contributed by atoms with van der Waals surface area (Å²) in [5.41, 5.74) is 10.7. The van der Waals surface area contributed by atoms with E-state index in [0.717, 1.165) is 0 Å². The maximum absolute atomic E-state index is 8.49. The van der Waals surface area contributed by atoms with Crippen LogP contribution in [0.25, 0.3) is 0 Å². The molecule has 0 fully saturated rings. The highest BCUT2D eigenvalue weighted by atomic mass is 16.5. The topological polar surface area (TPSA) is 81.5 Å². The number of aliphatic hydroxyl groups excluding tert-OH is 1. The van der Waals surface area contributed by atoms with Crippen LogP contribution < -0.4 is 11.5 Å². The van der Waals surface area contributed by atoms with Crippen molar-refractivity contribution in [3.05, 3.63) is 24.1 Å². The second-order valence-electron chi connectivity index (χ2n) is 2.31. The molecule has 0 aliphatic heterocycles. The first-order valence-electron chi connectivity index (χ1n) is 3.80. The smallest absolute Gasteiger partial charge is 0.113 e. The monoisotopic (exact) mass is 172 g/mol. The fourth-order valence-electron chi connectivity index (χ4n) is 0.645. The summed E-state index contributed by atoms with van der Waals surface area (Å²) in [4.78, 5) is 0. The lowest BCUT2D eigenvalue weighted by molar-refractivity contribution is 0.136. The van der Waals surface area contributed by atoms with Crippen LogP contribution in [0.3, 0.4) is 0 Å². The van der Waals surface area contributed by atoms with Crippen LogP contribution in [0.4, 0.5) is 0 Å². The first-order chi connectivity index (χ1) is 5.72. The van der Waals surface area contributed by atoms with Gasteiger partial charge < -0.3 is 21.3 Å². The quantitative estimate of drug-likeness (QED) is 0.393. The normalized spacial score (nSPS) is 15.1. The van der Waals surface area contributed by atoms with E-state index >= 15 is 0 Å². The van der Waals surface area contributed by atoms with Crippen LogP contribution >= 0.6 is 0 Å². The van der Waals surface area contributed by atoms with Gasteiger partial charge in [-0.2, -0.15) is 0 Å². The van der Waals surface area contributed by atoms with E-state index in [1.807, 2.05) is 0 Å². The second-order valence-corrected chi connectivity index (χ2v) is 2.31. The largest absolute Gasteiger partial charge is 0.494 e. The van der Waals surface area contributed by atoms with Gasteiger partial charge in [0.2, 0.25) is 0 Å². The zero-order valence-corrected chi connectivity index (χ0v) is 7.23. The van der Waals surface area contributed by atoms with Crippen LogP contribution in [0, 0.1) is 0 Å². The van der Waals surface area contributed by atoms with Gasteiger partial charge in [0, 0.05) is 0 Å². The molecule has 0 radical (unpaired) electrons. The average molecular weight is 172 g/mol. The molecule has 4 heteroatoms. The Labute approximate surface area is 72.5 Å². The summed E-state index contributed by atoms with van der Waals surface area (Å²) in [6.45, 7) is 2.04. The molecule has 0 aliphatic rings. The molecule has 0 rings (SSSR count). The molecule has 12 heavy (non-hydrogen) atoms. The van der Waals surface area contributed by atoms with Gasteiger partial charge in [0.05, 0.1) is 12.6 Å². The highest BCUT2D eigenvalue weighted by molar-refractivity contribution is 5.10. The van der Waals surface area contributed by atoms with Gasteiger partial charge in [-0.25, -0.2) is 0 Å². The SMILES string of the molecule is CC(N)/C(=C\C=C\N)OCCO. The minimum Gasteiger partial charge on any atom is -0.494 e. The Hall–Kier alpha value is -1.00. The van der Waals surface area contributed by atoms with Gasteiger partial charge in [-0.3, -0.25) is 0 Å². The molecule has 0 aromatic rings. The van der Waals surface area contributed by atoms with Crippen molar-refractivity contribution in [2.45, 2.75) is 13.0 Å². The van der Waals surface area contributed by atoms with Crippen molar-refractivity contribution in [3.8, 4) is 0 Å². The fraction of sp³-hybridized carbons (Fsp3) is 0.500. The van der Waals surface area contributed by atoms with E-state index in [0.29, 0.717) is 5.76 Å². The predicted molar refractivity (Wildman–Crippen MR) is 48.1 cm³/mol. The maximum Gasteiger partial charge on any atom is 0.113 e. The summed E-state index contributed by atoms with van der Waals surface area (Å²) in [7, 11) is 0. The lowest BCUT2D eigenvalue weighted by Crippen LogP contribution is -2.20. The molecule has 1 unspecified atom stereocenters. The summed E-state index contributed by atoms with van der Waals surface area (Å²) in [6, 6.07) is -0.187. The number of hydrogen-bond acceptors (Lipinski definition) is 4. The van der Waals surface area contributed by atoms with E-state index in [4.69, 9.17) is 21.3 Å². The van der Waals surface area contributed by atoms with Crippen LogP contribution in [0.2, 0.25) is 0 Å². The molecule has 4 nitrogen and oxygen atoms in total. The van der Waals surface area contributed by atoms with Crippen molar-refractivity contribution in [1.29, 1.82) is 0 Å². The molecule has 70 valence electrons. The molecule has 0 heterocycles. The van der Waals surface area contributed by atoms with Gasteiger partial charge in [0.15, 0.2) is 0 Å². The summed E-state index contributed by atoms with van der Waals surface area (Å²) < 4.78 is 5.13. The standard InChI is InChI=1S/C8H16N2O2/c1-7(10)8(3-2-4-9)12-6-5-11/h2-4,7,11H,5-6,9-10H2,1H3/b4-2+,8-3+. The summed E-state index contributed by atoms with van der Waals surface area (Å²) >= 11 is 0. The minimum absolute atomic E-state index is 0.0175. The Morgan fingerprint density at radius 1 is 1.67 bits per heavy atom. The Kier molecular flexibility index (Phi) is 6.14. The highest BCUT2D eigenvalue weighted by Gasteiger charge is 2.02. The van der Waals surface area contributed by atoms with Gasteiger partial charge in [-0.05, 0) is 25.3 Å². The molecule has 0 aliphatic carbocycles. The van der Waals surface area contributed by atoms with Crippen LogP contribution in [0.5, 0.6) is 0 Å². The van der Waals surface area contributed by atoms with E-state index < -0.39 is 0 Å². The van der Waals surface area contributed by atoms with Gasteiger partial charge in [-0.15, -0.1) is 0 Å². The molecule has 0 saturated heterocycles. The van der Waals surface area contributed by atoms with Crippen molar-refractivity contribution in [2.75, 3.05) is 13.2 Å². The number of allylic oxidation sites excluding steroid dienone is 2. The lowest BCUT2D eigenvalue weighted by atomic mass is 10.3. The van der Waals surface area contributed by atoms with Crippen molar-refractivity contribution >= 4 is 0 Å². The first-order valence-corrected chi connectivity index (χ1v) is 3.80. The summed E-state index contributed by atoms with van der Waals surface area (Å²) in [5.74, 6) is 0.616. The van der Waals surface area contributed by atoms with E-state index in [1.165, 1.54) is 6.20 Å². The molecule has 0 spiro atoms. The zero-order chi connectivity index (χ0) is 9.40. The number of ether oxygens (including phenoxy) is 1. The average Bonchev–Trinajstić information content (AvgIpc) is 2.04. The van der Waals surface area contributed by atoms with Gasteiger partial charge >= 0.3 is 0 Å². The Morgan fingerprint density at radius 3 is 2.75 bits per heavy atom. The molecular weight excluding hydrogens is 156 g/mol. The number of rotatable bonds is 5. The van der Waals surface area contributed by atoms with Gasteiger partial charge in [-0.1, -0.05) is 0 Å². The van der Waals surface area contributed by atoms with Crippen LogP contribution in [0.15, 0.2) is 24.1 Å². The molecule has 0 bridgehead atoms. The Balaban J connectivity index is 4.03. The third kappa shape index (κ3) is 4.76. The number of hydrogen-bond donors (Lipinski definition) is 3. The molecule has 0 saturated carbocycles. The Bertz CT molecular complexity index is 164. The van der Waals surface area contributed by atoms with E-state index in [-0.39, 0.29) is 19.3 Å². The van der Waals surface area contributed by atoms with E-state index in [9.17, 15) is 0 Å². The van der Waals surface area contributed by atoms with Gasteiger partial charge in [0.25, 0.3) is 0 Å². The molecule has 5 N–H and O–H groups in total. The van der Waals surface area contributed by atoms with Crippen molar-refractivity contribution in [3.63, 3.8) is 0 Å². The zero-order valence-electron chi connectivity index (χ0n) is 7.23. The maximum atomic E-state index is 8.49. The minimum atomic E-state index is -0.187. The van der Waals surface area contributed by atoms with Crippen molar-refractivity contribution in [1.82, 2.24) is 0 Å². The third-order valence-electron chi connectivity index (χ3n) is 1.18. The summed E-state index contributed by atoms with van der Waals surface area (Å²) in [6.07, 6.45) is 4.71. The van der Waals surface area contributed by atoms with Crippen molar-refractivity contribution in [2.24, 2.45) is 11.5 Å². The molecule has 1 atom stereocenters.